The zero-order valence-corrected chi connectivity index (χ0v) is 12.9. The fourth-order valence-corrected chi connectivity index (χ4v) is 2.56. The van der Waals surface area contributed by atoms with Gasteiger partial charge in [0, 0.05) is 19.6 Å². The van der Waals surface area contributed by atoms with Gasteiger partial charge in [-0.3, -0.25) is 0 Å². The molecule has 5 nitrogen and oxygen atoms in total. The molecule has 2 rings (SSSR count). The number of nitriles is 1. The highest BCUT2D eigenvalue weighted by molar-refractivity contribution is 9.10. The lowest BCUT2D eigenvalue weighted by molar-refractivity contribution is -0.0456. The summed E-state index contributed by atoms with van der Waals surface area (Å²) in [6.07, 6.45) is 2.09. The number of hydrogen-bond donors (Lipinski definition) is 0. The summed E-state index contributed by atoms with van der Waals surface area (Å²) in [5.41, 5.74) is 0.272. The molecule has 1 saturated heterocycles. The Morgan fingerprint density at radius 3 is 3.10 bits per heavy atom. The van der Waals surface area contributed by atoms with Crippen LogP contribution in [0.2, 0.25) is 0 Å². The molecule has 1 aromatic heterocycles. The van der Waals surface area contributed by atoms with Crippen molar-refractivity contribution in [2.75, 3.05) is 26.9 Å². The smallest absolute Gasteiger partial charge is 0.183 e. The number of aromatic nitrogens is 1. The minimum absolute atomic E-state index is 0.0366. The zero-order valence-electron chi connectivity index (χ0n) is 11.3. The van der Waals surface area contributed by atoms with E-state index in [-0.39, 0.29) is 11.8 Å². The fourth-order valence-electron chi connectivity index (χ4n) is 2.25. The van der Waals surface area contributed by atoms with Gasteiger partial charge in [0.05, 0.1) is 12.7 Å². The van der Waals surface area contributed by atoms with Crippen molar-refractivity contribution in [2.24, 2.45) is 5.92 Å². The van der Waals surface area contributed by atoms with Crippen molar-refractivity contribution in [1.82, 2.24) is 4.98 Å². The number of ether oxygens (including phenoxy) is 3. The van der Waals surface area contributed by atoms with Gasteiger partial charge in [0.25, 0.3) is 0 Å². The van der Waals surface area contributed by atoms with E-state index in [1.54, 1.807) is 19.2 Å². The van der Waals surface area contributed by atoms with Crippen molar-refractivity contribution < 1.29 is 14.2 Å². The van der Waals surface area contributed by atoms with E-state index in [9.17, 15) is 0 Å². The Morgan fingerprint density at radius 2 is 2.45 bits per heavy atom. The Morgan fingerprint density at radius 1 is 1.60 bits per heavy atom. The summed E-state index contributed by atoms with van der Waals surface area (Å²) in [7, 11) is 1.67. The second-order valence-electron chi connectivity index (χ2n) is 4.65. The third-order valence-electron chi connectivity index (χ3n) is 3.36. The van der Waals surface area contributed by atoms with Crippen molar-refractivity contribution >= 4 is 15.9 Å². The minimum atomic E-state index is -0.0366. The highest BCUT2D eigenvalue weighted by Gasteiger charge is 2.25. The summed E-state index contributed by atoms with van der Waals surface area (Å²) in [4.78, 5) is 4.07. The van der Waals surface area contributed by atoms with E-state index < -0.39 is 0 Å². The predicted octanol–water partition coefficient (Wildman–Crippen LogP) is 2.54. The number of methoxy groups -OCH3 is 1. The number of rotatable bonds is 5. The molecule has 6 heteroatoms. The van der Waals surface area contributed by atoms with Crippen LogP contribution in [0.25, 0.3) is 0 Å². The van der Waals surface area contributed by atoms with Crippen molar-refractivity contribution in [3.05, 3.63) is 22.4 Å². The lowest BCUT2D eigenvalue weighted by Crippen LogP contribution is -2.35. The zero-order chi connectivity index (χ0) is 14.4. The Kier molecular flexibility index (Phi) is 5.77. The summed E-state index contributed by atoms with van der Waals surface area (Å²) in [6.45, 7) is 1.91. The van der Waals surface area contributed by atoms with Crippen LogP contribution in [0, 0.1) is 17.2 Å². The molecule has 1 aliphatic rings. The average Bonchev–Trinajstić information content (AvgIpc) is 2.50. The van der Waals surface area contributed by atoms with Crippen LogP contribution in [0.5, 0.6) is 5.75 Å². The second-order valence-corrected chi connectivity index (χ2v) is 5.47. The SMILES string of the molecule is COC(COc1ccc(Br)nc1C#N)C1CCCOC1. The molecule has 0 aromatic carbocycles. The molecule has 2 unspecified atom stereocenters. The maximum absolute atomic E-state index is 9.05. The van der Waals surface area contributed by atoms with Gasteiger partial charge in [0.15, 0.2) is 11.4 Å². The van der Waals surface area contributed by atoms with Gasteiger partial charge < -0.3 is 14.2 Å². The first kappa shape index (κ1) is 15.2. The second kappa shape index (κ2) is 7.58. The third kappa shape index (κ3) is 3.92. The normalized spacial score (nSPS) is 20.1. The van der Waals surface area contributed by atoms with E-state index >= 15 is 0 Å². The predicted molar refractivity (Wildman–Crippen MR) is 76.5 cm³/mol. The number of halogens is 1. The summed E-state index contributed by atoms with van der Waals surface area (Å²) in [6, 6.07) is 5.51. The molecule has 0 amide bonds. The van der Waals surface area contributed by atoms with Crippen LogP contribution in [0.3, 0.4) is 0 Å². The van der Waals surface area contributed by atoms with E-state index in [4.69, 9.17) is 19.5 Å². The minimum Gasteiger partial charge on any atom is -0.488 e. The first-order valence-corrected chi connectivity index (χ1v) is 7.34. The van der Waals surface area contributed by atoms with Crippen LogP contribution in [0.15, 0.2) is 16.7 Å². The molecule has 1 aromatic rings. The van der Waals surface area contributed by atoms with Crippen molar-refractivity contribution in [3.63, 3.8) is 0 Å². The maximum atomic E-state index is 9.05. The van der Waals surface area contributed by atoms with Crippen LogP contribution < -0.4 is 4.74 Å². The van der Waals surface area contributed by atoms with Crippen LogP contribution in [0.4, 0.5) is 0 Å². The van der Waals surface area contributed by atoms with Gasteiger partial charge in [-0.2, -0.15) is 5.26 Å². The molecule has 0 N–H and O–H groups in total. The summed E-state index contributed by atoms with van der Waals surface area (Å²) >= 11 is 3.23. The molecule has 0 saturated carbocycles. The van der Waals surface area contributed by atoms with Crippen molar-refractivity contribution in [3.8, 4) is 11.8 Å². The van der Waals surface area contributed by atoms with Gasteiger partial charge in [-0.15, -0.1) is 0 Å². The van der Waals surface area contributed by atoms with Crippen LogP contribution >= 0.6 is 15.9 Å². The molecule has 2 heterocycles. The standard InChI is InChI=1S/C14H17BrN2O3/c1-18-13(10-3-2-6-19-8-10)9-20-12-4-5-14(15)17-11(12)7-16/h4-5,10,13H,2-3,6,8-9H2,1H3. The van der Waals surface area contributed by atoms with E-state index in [1.165, 1.54) is 0 Å². The van der Waals surface area contributed by atoms with Crippen LogP contribution in [-0.4, -0.2) is 38.0 Å². The molecule has 2 atom stereocenters. The van der Waals surface area contributed by atoms with Gasteiger partial charge >= 0.3 is 0 Å². The molecule has 1 aliphatic heterocycles. The Labute approximate surface area is 127 Å². The number of nitrogens with zero attached hydrogens (tertiary/aromatic N) is 2. The summed E-state index contributed by atoms with van der Waals surface area (Å²) in [5.74, 6) is 0.817. The van der Waals surface area contributed by atoms with Gasteiger partial charge in [-0.05, 0) is 40.9 Å². The van der Waals surface area contributed by atoms with E-state index in [0.29, 0.717) is 29.5 Å². The van der Waals surface area contributed by atoms with Gasteiger partial charge in [-0.1, -0.05) is 0 Å². The van der Waals surface area contributed by atoms with E-state index in [1.807, 2.05) is 6.07 Å². The molecule has 20 heavy (non-hydrogen) atoms. The molecule has 108 valence electrons. The lowest BCUT2D eigenvalue weighted by Gasteiger charge is -2.29. The topological polar surface area (TPSA) is 64.4 Å². The molecule has 0 radical (unpaired) electrons. The molecule has 0 spiro atoms. The summed E-state index contributed by atoms with van der Waals surface area (Å²) < 4.78 is 17.3. The number of pyridine rings is 1. The van der Waals surface area contributed by atoms with Crippen LogP contribution in [0.1, 0.15) is 18.5 Å². The van der Waals surface area contributed by atoms with Gasteiger partial charge in [-0.25, -0.2) is 4.98 Å². The average molecular weight is 341 g/mol. The first-order valence-electron chi connectivity index (χ1n) is 6.54. The molecule has 0 aliphatic carbocycles. The Bertz CT molecular complexity index is 484. The Hall–Kier alpha value is -1.16. The number of hydrogen-bond acceptors (Lipinski definition) is 5. The van der Waals surface area contributed by atoms with Crippen molar-refractivity contribution in [2.45, 2.75) is 18.9 Å². The Balaban J connectivity index is 1.97. The highest BCUT2D eigenvalue weighted by Crippen LogP contribution is 2.23. The quantitative estimate of drug-likeness (QED) is 0.770. The maximum Gasteiger partial charge on any atom is 0.183 e. The molecule has 0 bridgehead atoms. The molecule has 1 fully saturated rings. The fraction of sp³-hybridized carbons (Fsp3) is 0.571. The third-order valence-corrected chi connectivity index (χ3v) is 3.80. The van der Waals surface area contributed by atoms with Crippen LogP contribution in [-0.2, 0) is 9.47 Å². The summed E-state index contributed by atoms with van der Waals surface area (Å²) in [5, 5.41) is 9.05. The lowest BCUT2D eigenvalue weighted by atomic mass is 9.96. The monoisotopic (exact) mass is 340 g/mol. The highest BCUT2D eigenvalue weighted by atomic mass is 79.9. The van der Waals surface area contributed by atoms with E-state index in [0.717, 1.165) is 19.4 Å². The first-order chi connectivity index (χ1) is 9.74. The van der Waals surface area contributed by atoms with Gasteiger partial charge in [0.2, 0.25) is 0 Å². The molecular formula is C14H17BrN2O3. The molecular weight excluding hydrogens is 324 g/mol. The van der Waals surface area contributed by atoms with Gasteiger partial charge in [0.1, 0.15) is 17.3 Å². The van der Waals surface area contributed by atoms with E-state index in [2.05, 4.69) is 20.9 Å². The largest absolute Gasteiger partial charge is 0.488 e. The van der Waals surface area contributed by atoms with Crippen molar-refractivity contribution in [1.29, 1.82) is 5.26 Å².